The third-order valence-corrected chi connectivity index (χ3v) is 13.2. The van der Waals surface area contributed by atoms with E-state index in [0.29, 0.717) is 62.6 Å². The lowest BCUT2D eigenvalue weighted by atomic mass is 9.89. The molecule has 2 aromatic heterocycles. The van der Waals surface area contributed by atoms with Crippen molar-refractivity contribution in [2.75, 3.05) is 73.0 Å². The lowest BCUT2D eigenvalue weighted by Crippen LogP contribution is -2.59. The number of H-pyrrole nitrogens is 1. The number of likely N-dealkylation sites (tertiary alicyclic amines) is 2. The number of benzene rings is 3. The number of carbonyl (C=O) groups excluding carboxylic acids is 4. The van der Waals surface area contributed by atoms with Gasteiger partial charge in [0, 0.05) is 69.7 Å². The Bertz CT molecular complexity index is 2500. The minimum absolute atomic E-state index is 0.0672. The van der Waals surface area contributed by atoms with Gasteiger partial charge in [0.05, 0.1) is 17.2 Å². The molecule has 3 fully saturated rings. The van der Waals surface area contributed by atoms with Crippen LogP contribution in [0.3, 0.4) is 0 Å². The molecule has 0 saturated carbocycles. The SMILES string of the molecule is Cc1cc(CC(NC(=O)N2CCC(c3cc4ccccc4n(COC(=O)CN(C)C(=O)OCc4ccccc4)c3=O)CC2)C(=O)N2CCN(C3CCN(C)CC3)CC2)cc2cn[nH]c12. The molecule has 1 atom stereocenters. The lowest BCUT2D eigenvalue weighted by Gasteiger charge is -2.43. The number of piperazine rings is 1. The molecule has 0 spiro atoms. The predicted molar refractivity (Wildman–Crippen MR) is 243 cm³/mol. The van der Waals surface area contributed by atoms with Gasteiger partial charge in [0.1, 0.15) is 19.2 Å². The Balaban J connectivity index is 0.904. The largest absolute Gasteiger partial charge is 0.445 e. The zero-order chi connectivity index (χ0) is 44.7. The second kappa shape index (κ2) is 20.1. The van der Waals surface area contributed by atoms with Gasteiger partial charge in [-0.05, 0) is 98.9 Å². The summed E-state index contributed by atoms with van der Waals surface area (Å²) in [5.74, 6) is -0.927. The summed E-state index contributed by atoms with van der Waals surface area (Å²) in [6.45, 7) is 7.20. The van der Waals surface area contributed by atoms with Gasteiger partial charge in [0.25, 0.3) is 5.56 Å². The minimum atomic E-state index is -0.765. The molecule has 5 aromatic rings. The Labute approximate surface area is 373 Å². The highest BCUT2D eigenvalue weighted by Crippen LogP contribution is 2.29. The van der Waals surface area contributed by atoms with E-state index in [9.17, 15) is 24.0 Å². The number of para-hydroxylation sites is 1. The molecule has 2 N–H and O–H groups in total. The third-order valence-electron chi connectivity index (χ3n) is 13.2. The van der Waals surface area contributed by atoms with Gasteiger partial charge in [-0.1, -0.05) is 54.6 Å². The van der Waals surface area contributed by atoms with Crippen molar-refractivity contribution >= 4 is 45.8 Å². The molecule has 3 saturated heterocycles. The number of aromatic amines is 1. The summed E-state index contributed by atoms with van der Waals surface area (Å²) < 4.78 is 12.3. The quantitative estimate of drug-likeness (QED) is 0.168. The van der Waals surface area contributed by atoms with Crippen molar-refractivity contribution in [1.82, 2.24) is 44.6 Å². The highest BCUT2D eigenvalue weighted by molar-refractivity contribution is 5.88. The van der Waals surface area contributed by atoms with Crippen LogP contribution in [-0.4, -0.2) is 148 Å². The molecule has 4 amide bonds. The van der Waals surface area contributed by atoms with Gasteiger partial charge in [-0.15, -0.1) is 0 Å². The lowest BCUT2D eigenvalue weighted by molar-refractivity contribution is -0.148. The second-order valence-corrected chi connectivity index (χ2v) is 17.5. The maximum absolute atomic E-state index is 14.4. The molecular formula is C48H59N9O7. The number of hydrogen-bond acceptors (Lipinski definition) is 10. The number of aromatic nitrogens is 3. The van der Waals surface area contributed by atoms with E-state index in [1.165, 1.54) is 11.6 Å². The van der Waals surface area contributed by atoms with E-state index in [1.54, 1.807) is 17.2 Å². The van der Waals surface area contributed by atoms with Crippen LogP contribution in [0.5, 0.6) is 0 Å². The van der Waals surface area contributed by atoms with Crippen molar-refractivity contribution in [2.45, 2.75) is 70.4 Å². The molecule has 8 rings (SSSR count). The van der Waals surface area contributed by atoms with Crippen LogP contribution in [0.2, 0.25) is 0 Å². The topological polar surface area (TPSA) is 166 Å². The number of carbonyl (C=O) groups is 4. The first-order valence-electron chi connectivity index (χ1n) is 22.4. The molecule has 3 aliphatic rings. The van der Waals surface area contributed by atoms with Crippen molar-refractivity contribution in [1.29, 1.82) is 0 Å². The number of ether oxygens (including phenoxy) is 2. The molecule has 0 radical (unpaired) electrons. The fourth-order valence-electron chi connectivity index (χ4n) is 9.43. The Hall–Kier alpha value is -6.26. The predicted octanol–water partition coefficient (Wildman–Crippen LogP) is 4.69. The zero-order valence-electron chi connectivity index (χ0n) is 37.0. The summed E-state index contributed by atoms with van der Waals surface area (Å²) in [5, 5.41) is 12.2. The minimum Gasteiger partial charge on any atom is -0.445 e. The van der Waals surface area contributed by atoms with Crippen LogP contribution in [-0.2, 0) is 38.8 Å². The molecule has 0 bridgehead atoms. The number of urea groups is 1. The molecule has 3 aliphatic heterocycles. The highest BCUT2D eigenvalue weighted by atomic mass is 16.6. The molecule has 1 unspecified atom stereocenters. The van der Waals surface area contributed by atoms with Gasteiger partial charge in [-0.25, -0.2) is 9.59 Å². The average molecular weight is 874 g/mol. The first kappa shape index (κ1) is 44.4. The van der Waals surface area contributed by atoms with Gasteiger partial charge in [0.2, 0.25) is 5.91 Å². The number of nitrogens with zero attached hydrogens (tertiary/aromatic N) is 7. The Kier molecular flexibility index (Phi) is 13.9. The molecule has 64 heavy (non-hydrogen) atoms. The molecule has 0 aliphatic carbocycles. The Morgan fingerprint density at radius 1 is 0.828 bits per heavy atom. The third kappa shape index (κ3) is 10.4. The number of rotatable bonds is 12. The second-order valence-electron chi connectivity index (χ2n) is 17.5. The van der Waals surface area contributed by atoms with Crippen LogP contribution in [0, 0.1) is 6.92 Å². The molecule has 338 valence electrons. The maximum atomic E-state index is 14.4. The smallest absolute Gasteiger partial charge is 0.410 e. The summed E-state index contributed by atoms with van der Waals surface area (Å²) in [6.07, 6.45) is 4.78. The number of nitrogens with one attached hydrogen (secondary N) is 2. The number of likely N-dealkylation sites (N-methyl/N-ethyl adjacent to an activating group) is 1. The molecule has 3 aromatic carbocycles. The Morgan fingerprint density at radius 3 is 2.30 bits per heavy atom. The molecule has 16 nitrogen and oxygen atoms in total. The first-order chi connectivity index (χ1) is 31.0. The molecule has 16 heteroatoms. The number of esters is 1. The number of amides is 4. The summed E-state index contributed by atoms with van der Waals surface area (Å²) in [4.78, 5) is 77.8. The van der Waals surface area contributed by atoms with Gasteiger partial charge in [-0.3, -0.25) is 28.9 Å². The Morgan fingerprint density at radius 2 is 1.55 bits per heavy atom. The maximum Gasteiger partial charge on any atom is 0.410 e. The summed E-state index contributed by atoms with van der Waals surface area (Å²) in [7, 11) is 3.61. The van der Waals surface area contributed by atoms with Crippen LogP contribution in [0.1, 0.15) is 53.9 Å². The van der Waals surface area contributed by atoms with Crippen LogP contribution in [0.4, 0.5) is 9.59 Å². The number of piperidine rings is 2. The van der Waals surface area contributed by atoms with E-state index in [2.05, 4.69) is 38.4 Å². The normalized spacial score (nSPS) is 17.4. The van der Waals surface area contributed by atoms with Crippen LogP contribution in [0.25, 0.3) is 21.8 Å². The van der Waals surface area contributed by atoms with E-state index in [1.807, 2.05) is 72.5 Å². The molecule has 5 heterocycles. The van der Waals surface area contributed by atoms with Crippen molar-refractivity contribution in [3.63, 3.8) is 0 Å². The summed E-state index contributed by atoms with van der Waals surface area (Å²) in [6, 6.07) is 22.1. The van der Waals surface area contributed by atoms with Crippen LogP contribution < -0.4 is 10.9 Å². The van der Waals surface area contributed by atoms with Crippen LogP contribution in [0.15, 0.2) is 83.8 Å². The van der Waals surface area contributed by atoms with Gasteiger partial charge >= 0.3 is 18.1 Å². The fraction of sp³-hybridized carbons (Fsp3) is 0.458. The van der Waals surface area contributed by atoms with E-state index < -0.39 is 18.1 Å². The molecular weight excluding hydrogens is 815 g/mol. The van der Waals surface area contributed by atoms with Crippen molar-refractivity contribution in [2.24, 2.45) is 0 Å². The average Bonchev–Trinajstić information content (AvgIpc) is 3.80. The van der Waals surface area contributed by atoms with Gasteiger partial charge in [-0.2, -0.15) is 5.10 Å². The van der Waals surface area contributed by atoms with Gasteiger partial charge < -0.3 is 34.4 Å². The summed E-state index contributed by atoms with van der Waals surface area (Å²) in [5.41, 5.74) is 4.64. The van der Waals surface area contributed by atoms with Crippen LogP contribution >= 0.6 is 0 Å². The number of fused-ring (bicyclic) bond motifs is 2. The van der Waals surface area contributed by atoms with E-state index in [-0.39, 0.29) is 43.3 Å². The van der Waals surface area contributed by atoms with Crippen molar-refractivity contribution in [3.8, 4) is 0 Å². The number of aryl methyl sites for hydroxylation is 1. The van der Waals surface area contributed by atoms with Crippen molar-refractivity contribution < 1.29 is 28.7 Å². The monoisotopic (exact) mass is 873 g/mol. The first-order valence-corrected chi connectivity index (χ1v) is 22.4. The standard InChI is InChI=1S/C48H59N9O7/c1-33-25-35(26-38-29-49-51-44(33)38)27-41(46(60)55-23-21-54(22-24-55)39-15-17-52(2)18-16-39)50-47(61)56-19-13-36(14-20-56)40-28-37-11-7-8-12-42(37)57(45(40)59)32-64-43(58)30-53(3)48(62)63-31-34-9-5-4-6-10-34/h4-12,25-26,28-29,36,39,41H,13-24,27,30-32H2,1-3H3,(H,49,51)(H,50,61). The van der Waals surface area contributed by atoms with E-state index >= 15 is 0 Å². The zero-order valence-corrected chi connectivity index (χ0v) is 37.0. The summed E-state index contributed by atoms with van der Waals surface area (Å²) >= 11 is 0. The van der Waals surface area contributed by atoms with E-state index in [4.69, 9.17) is 9.47 Å². The number of hydrogen-bond donors (Lipinski definition) is 2. The van der Waals surface area contributed by atoms with Gasteiger partial charge in [0.15, 0.2) is 6.73 Å². The van der Waals surface area contributed by atoms with E-state index in [0.717, 1.165) is 76.9 Å². The van der Waals surface area contributed by atoms with Crippen molar-refractivity contribution in [3.05, 3.63) is 112 Å². The number of pyridine rings is 1. The fourth-order valence-corrected chi connectivity index (χ4v) is 9.43. The highest BCUT2D eigenvalue weighted by Gasteiger charge is 2.34.